The molecule has 1 atom stereocenters. The van der Waals surface area contributed by atoms with E-state index in [0.717, 1.165) is 30.6 Å². The van der Waals surface area contributed by atoms with Crippen molar-refractivity contribution in [2.45, 2.75) is 19.3 Å². The van der Waals surface area contributed by atoms with Gasteiger partial charge in [0.2, 0.25) is 10.0 Å². The molecule has 0 aliphatic carbocycles. The number of hydrogen-bond donors (Lipinski definition) is 0. The quantitative estimate of drug-likeness (QED) is 0.848. The Hall–Kier alpha value is -1.07. The van der Waals surface area contributed by atoms with Crippen molar-refractivity contribution in [3.63, 3.8) is 0 Å². The lowest BCUT2D eigenvalue weighted by Crippen LogP contribution is -2.39. The highest BCUT2D eigenvalue weighted by molar-refractivity contribution is 7.88. The molecule has 106 valence electrons. The fourth-order valence-electron chi connectivity index (χ4n) is 2.68. The Morgan fingerprint density at radius 1 is 1.37 bits per heavy atom. The molecule has 1 aromatic carbocycles. The summed E-state index contributed by atoms with van der Waals surface area (Å²) < 4.78 is 30.2. The normalized spacial score (nSPS) is 21.3. The number of sulfonamides is 1. The lowest BCUT2D eigenvalue weighted by atomic mass is 9.92. The molecule has 0 amide bonds. The zero-order valence-electron chi connectivity index (χ0n) is 11.5. The van der Waals surface area contributed by atoms with Crippen LogP contribution < -0.4 is 4.74 Å². The van der Waals surface area contributed by atoms with Crippen molar-refractivity contribution in [2.24, 2.45) is 5.92 Å². The van der Waals surface area contributed by atoms with Gasteiger partial charge in [-0.25, -0.2) is 12.7 Å². The maximum absolute atomic E-state index is 11.6. The van der Waals surface area contributed by atoms with E-state index < -0.39 is 10.0 Å². The lowest BCUT2D eigenvalue weighted by molar-refractivity contribution is 0.265. The SMILES string of the molecule is COc1ccccc1CC1CCCN(S(C)(=O)=O)C1. The first-order chi connectivity index (χ1) is 9.00. The zero-order valence-corrected chi connectivity index (χ0v) is 12.3. The van der Waals surface area contributed by atoms with E-state index in [1.165, 1.54) is 6.26 Å². The summed E-state index contributed by atoms with van der Waals surface area (Å²) in [5.74, 6) is 1.26. The van der Waals surface area contributed by atoms with Crippen molar-refractivity contribution in [1.82, 2.24) is 4.31 Å². The standard InChI is InChI=1S/C14H21NO3S/c1-18-14-8-4-3-7-13(14)10-12-6-5-9-15(11-12)19(2,16)17/h3-4,7-8,12H,5-6,9-11H2,1-2H3. The maximum atomic E-state index is 11.6. The molecule has 1 aliphatic heterocycles. The van der Waals surface area contributed by atoms with Gasteiger partial charge in [-0.1, -0.05) is 18.2 Å². The third-order valence-electron chi connectivity index (χ3n) is 3.65. The minimum Gasteiger partial charge on any atom is -0.496 e. The van der Waals surface area contributed by atoms with Gasteiger partial charge in [0.25, 0.3) is 0 Å². The summed E-state index contributed by atoms with van der Waals surface area (Å²) in [5.41, 5.74) is 1.16. The summed E-state index contributed by atoms with van der Waals surface area (Å²) in [4.78, 5) is 0. The predicted octanol–water partition coefficient (Wildman–Crippen LogP) is 1.91. The largest absolute Gasteiger partial charge is 0.496 e. The molecule has 5 heteroatoms. The second-order valence-electron chi connectivity index (χ2n) is 5.15. The smallest absolute Gasteiger partial charge is 0.211 e. The van der Waals surface area contributed by atoms with Crippen LogP contribution in [0.3, 0.4) is 0 Å². The highest BCUT2D eigenvalue weighted by Crippen LogP contribution is 2.26. The van der Waals surface area contributed by atoms with Crippen LogP contribution in [0, 0.1) is 5.92 Å². The Bertz CT molecular complexity index is 527. The number of para-hydroxylation sites is 1. The number of nitrogens with zero attached hydrogens (tertiary/aromatic N) is 1. The first-order valence-corrected chi connectivity index (χ1v) is 8.42. The number of hydrogen-bond acceptors (Lipinski definition) is 3. The summed E-state index contributed by atoms with van der Waals surface area (Å²) in [6.07, 6.45) is 4.17. The van der Waals surface area contributed by atoms with Gasteiger partial charge in [-0.3, -0.25) is 0 Å². The number of methoxy groups -OCH3 is 1. The highest BCUT2D eigenvalue weighted by atomic mass is 32.2. The first kappa shape index (κ1) is 14.3. The predicted molar refractivity (Wildman–Crippen MR) is 75.8 cm³/mol. The summed E-state index contributed by atoms with van der Waals surface area (Å²) in [5, 5.41) is 0. The monoisotopic (exact) mass is 283 g/mol. The van der Waals surface area contributed by atoms with Gasteiger partial charge in [-0.05, 0) is 36.8 Å². The minimum absolute atomic E-state index is 0.375. The van der Waals surface area contributed by atoms with E-state index in [0.29, 0.717) is 19.0 Å². The van der Waals surface area contributed by atoms with Crippen molar-refractivity contribution in [3.05, 3.63) is 29.8 Å². The summed E-state index contributed by atoms with van der Waals surface area (Å²) in [6, 6.07) is 7.95. The average Bonchev–Trinajstić information content (AvgIpc) is 2.39. The van der Waals surface area contributed by atoms with Crippen LogP contribution in [0.15, 0.2) is 24.3 Å². The average molecular weight is 283 g/mol. The fourth-order valence-corrected chi connectivity index (χ4v) is 3.62. The molecule has 1 saturated heterocycles. The third kappa shape index (κ3) is 3.70. The molecule has 2 rings (SSSR count). The van der Waals surface area contributed by atoms with E-state index in [4.69, 9.17) is 4.74 Å². The van der Waals surface area contributed by atoms with Crippen LogP contribution >= 0.6 is 0 Å². The Morgan fingerprint density at radius 2 is 2.11 bits per heavy atom. The van der Waals surface area contributed by atoms with E-state index >= 15 is 0 Å². The molecule has 0 radical (unpaired) electrons. The highest BCUT2D eigenvalue weighted by Gasteiger charge is 2.26. The Kier molecular flexibility index (Phi) is 4.47. The van der Waals surface area contributed by atoms with Gasteiger partial charge in [-0.2, -0.15) is 0 Å². The topological polar surface area (TPSA) is 46.6 Å². The molecule has 1 aliphatic rings. The third-order valence-corrected chi connectivity index (χ3v) is 4.92. The lowest BCUT2D eigenvalue weighted by Gasteiger charge is -2.31. The molecule has 1 aromatic rings. The number of rotatable bonds is 4. The molecule has 0 saturated carbocycles. The molecule has 1 unspecified atom stereocenters. The Morgan fingerprint density at radius 3 is 2.79 bits per heavy atom. The molecular weight excluding hydrogens is 262 g/mol. The second kappa shape index (κ2) is 5.92. The van der Waals surface area contributed by atoms with Gasteiger partial charge in [0.15, 0.2) is 0 Å². The van der Waals surface area contributed by atoms with Crippen LogP contribution in [0.1, 0.15) is 18.4 Å². The molecule has 4 nitrogen and oxygen atoms in total. The van der Waals surface area contributed by atoms with E-state index in [1.807, 2.05) is 18.2 Å². The van der Waals surface area contributed by atoms with Gasteiger partial charge in [-0.15, -0.1) is 0 Å². The van der Waals surface area contributed by atoms with Crippen molar-refractivity contribution in [1.29, 1.82) is 0 Å². The maximum Gasteiger partial charge on any atom is 0.211 e. The Labute approximate surface area is 115 Å². The molecule has 0 aromatic heterocycles. The summed E-state index contributed by atoms with van der Waals surface area (Å²) in [6.45, 7) is 1.28. The minimum atomic E-state index is -3.06. The van der Waals surface area contributed by atoms with Crippen molar-refractivity contribution in [2.75, 3.05) is 26.5 Å². The molecule has 1 fully saturated rings. The Balaban J connectivity index is 2.07. The fraction of sp³-hybridized carbons (Fsp3) is 0.571. The van der Waals surface area contributed by atoms with Gasteiger partial charge >= 0.3 is 0 Å². The van der Waals surface area contributed by atoms with Gasteiger partial charge in [0, 0.05) is 13.1 Å². The van der Waals surface area contributed by atoms with E-state index in [9.17, 15) is 8.42 Å². The number of ether oxygens (including phenoxy) is 1. The van der Waals surface area contributed by atoms with E-state index in [1.54, 1.807) is 11.4 Å². The van der Waals surface area contributed by atoms with E-state index in [2.05, 4.69) is 6.07 Å². The van der Waals surface area contributed by atoms with Crippen LogP contribution in [-0.4, -0.2) is 39.2 Å². The summed E-state index contributed by atoms with van der Waals surface area (Å²) >= 11 is 0. The van der Waals surface area contributed by atoms with Crippen LogP contribution in [-0.2, 0) is 16.4 Å². The second-order valence-corrected chi connectivity index (χ2v) is 7.13. The molecule has 19 heavy (non-hydrogen) atoms. The van der Waals surface area contributed by atoms with E-state index in [-0.39, 0.29) is 0 Å². The molecule has 1 heterocycles. The molecule has 0 bridgehead atoms. The van der Waals surface area contributed by atoms with Crippen molar-refractivity contribution in [3.8, 4) is 5.75 Å². The molecule has 0 N–H and O–H groups in total. The summed E-state index contributed by atoms with van der Waals surface area (Å²) in [7, 11) is -1.40. The van der Waals surface area contributed by atoms with Crippen molar-refractivity contribution >= 4 is 10.0 Å². The van der Waals surface area contributed by atoms with Crippen LogP contribution in [0.5, 0.6) is 5.75 Å². The van der Waals surface area contributed by atoms with Crippen LogP contribution in [0.4, 0.5) is 0 Å². The molecule has 0 spiro atoms. The van der Waals surface area contributed by atoms with Gasteiger partial charge < -0.3 is 4.74 Å². The number of piperidine rings is 1. The molecular formula is C14H21NO3S. The van der Waals surface area contributed by atoms with Crippen LogP contribution in [0.2, 0.25) is 0 Å². The first-order valence-electron chi connectivity index (χ1n) is 6.57. The van der Waals surface area contributed by atoms with Crippen LogP contribution in [0.25, 0.3) is 0 Å². The zero-order chi connectivity index (χ0) is 13.9. The number of benzene rings is 1. The van der Waals surface area contributed by atoms with Gasteiger partial charge in [0.05, 0.1) is 13.4 Å². The van der Waals surface area contributed by atoms with Crippen molar-refractivity contribution < 1.29 is 13.2 Å². The van der Waals surface area contributed by atoms with Gasteiger partial charge in [0.1, 0.15) is 5.75 Å².